The van der Waals surface area contributed by atoms with Gasteiger partial charge in [-0.05, 0) is 38.1 Å². The van der Waals surface area contributed by atoms with E-state index in [2.05, 4.69) is 12.2 Å². The average Bonchev–Trinajstić information content (AvgIpc) is 2.04. The molecule has 2 rings (SSSR count). The molecule has 0 amide bonds. The lowest BCUT2D eigenvalue weighted by atomic mass is 9.70. The second kappa shape index (κ2) is 3.37. The summed E-state index contributed by atoms with van der Waals surface area (Å²) in [5, 5.41) is 3.76. The Hall–Kier alpha value is -0.0400. The van der Waals surface area contributed by atoms with Crippen molar-refractivity contribution in [1.29, 1.82) is 0 Å². The van der Waals surface area contributed by atoms with Crippen molar-refractivity contribution in [1.82, 2.24) is 5.32 Å². The van der Waals surface area contributed by atoms with Crippen molar-refractivity contribution < 1.29 is 0 Å². The van der Waals surface area contributed by atoms with E-state index in [1.807, 2.05) is 0 Å². The first kappa shape index (κ1) is 8.55. The Morgan fingerprint density at radius 1 is 1.42 bits per heavy atom. The first-order valence-electron chi connectivity index (χ1n) is 5.60. The van der Waals surface area contributed by atoms with Crippen molar-refractivity contribution in [3.8, 4) is 0 Å². The molecule has 2 aliphatic rings. The summed E-state index contributed by atoms with van der Waals surface area (Å²) in [7, 11) is 0. The number of fused-ring (bicyclic) bond motifs is 2. The molecule has 2 atom stereocenters. The predicted molar refractivity (Wildman–Crippen MR) is 52.2 cm³/mol. The van der Waals surface area contributed by atoms with E-state index in [0.29, 0.717) is 5.54 Å². The maximum Gasteiger partial charge on any atom is 0.0184 e. The van der Waals surface area contributed by atoms with Gasteiger partial charge in [0.25, 0.3) is 0 Å². The summed E-state index contributed by atoms with van der Waals surface area (Å²) in [5.41, 5.74) is 0.579. The molecule has 0 spiro atoms. The van der Waals surface area contributed by atoms with Crippen molar-refractivity contribution in [2.75, 3.05) is 6.54 Å². The summed E-state index contributed by atoms with van der Waals surface area (Å²) < 4.78 is 0. The molecule has 1 aliphatic carbocycles. The number of hydrogen-bond donors (Lipinski definition) is 1. The Bertz CT molecular complexity index is 138. The van der Waals surface area contributed by atoms with Crippen molar-refractivity contribution in [3.63, 3.8) is 0 Å². The van der Waals surface area contributed by atoms with Crippen molar-refractivity contribution in [2.24, 2.45) is 5.92 Å². The Morgan fingerprint density at radius 2 is 2.33 bits per heavy atom. The van der Waals surface area contributed by atoms with Crippen LogP contribution in [0.1, 0.15) is 51.9 Å². The predicted octanol–water partition coefficient (Wildman–Crippen LogP) is 2.71. The van der Waals surface area contributed by atoms with Crippen LogP contribution >= 0.6 is 0 Å². The lowest BCUT2D eigenvalue weighted by molar-refractivity contribution is 0.120. The Labute approximate surface area is 75.9 Å². The molecule has 0 aromatic rings. The number of hydrogen-bond acceptors (Lipinski definition) is 1. The molecule has 0 aromatic carbocycles. The molecule has 1 saturated heterocycles. The van der Waals surface area contributed by atoms with Gasteiger partial charge in [-0.3, -0.25) is 0 Å². The Balaban J connectivity index is 2.01. The summed E-state index contributed by atoms with van der Waals surface area (Å²) in [4.78, 5) is 0. The highest BCUT2D eigenvalue weighted by molar-refractivity contribution is 4.96. The minimum atomic E-state index is 0.579. The molecule has 2 fully saturated rings. The largest absolute Gasteiger partial charge is 0.311 e. The van der Waals surface area contributed by atoms with Gasteiger partial charge in [0.1, 0.15) is 0 Å². The summed E-state index contributed by atoms with van der Waals surface area (Å²) in [6.45, 7) is 3.60. The van der Waals surface area contributed by atoms with Gasteiger partial charge in [-0.25, -0.2) is 0 Å². The molecule has 1 heteroatoms. The molecular formula is C11H21N. The molecule has 2 unspecified atom stereocenters. The summed E-state index contributed by atoms with van der Waals surface area (Å²) in [5.74, 6) is 1.06. The third-order valence-electron chi connectivity index (χ3n) is 3.73. The third kappa shape index (κ3) is 1.52. The van der Waals surface area contributed by atoms with Gasteiger partial charge in [0.15, 0.2) is 0 Å². The van der Waals surface area contributed by atoms with Crippen LogP contribution in [0.2, 0.25) is 0 Å². The zero-order valence-corrected chi connectivity index (χ0v) is 8.23. The van der Waals surface area contributed by atoms with Crippen LogP contribution in [-0.2, 0) is 0 Å². The van der Waals surface area contributed by atoms with Gasteiger partial charge in [-0.2, -0.15) is 0 Å². The maximum atomic E-state index is 3.76. The summed E-state index contributed by atoms with van der Waals surface area (Å²) >= 11 is 0. The molecule has 1 saturated carbocycles. The van der Waals surface area contributed by atoms with Gasteiger partial charge < -0.3 is 5.32 Å². The van der Waals surface area contributed by atoms with Crippen LogP contribution in [-0.4, -0.2) is 12.1 Å². The second-order valence-electron chi connectivity index (χ2n) is 4.71. The maximum absolute atomic E-state index is 3.76. The van der Waals surface area contributed by atoms with E-state index in [9.17, 15) is 0 Å². The number of piperidine rings is 1. The Morgan fingerprint density at radius 3 is 3.17 bits per heavy atom. The number of nitrogens with one attached hydrogen (secondary N) is 1. The van der Waals surface area contributed by atoms with Crippen LogP contribution in [0.5, 0.6) is 0 Å². The lowest BCUT2D eigenvalue weighted by Gasteiger charge is -2.46. The van der Waals surface area contributed by atoms with Gasteiger partial charge >= 0.3 is 0 Å². The van der Waals surface area contributed by atoms with E-state index in [-0.39, 0.29) is 0 Å². The molecule has 0 aromatic heterocycles. The highest BCUT2D eigenvalue weighted by Gasteiger charge is 2.37. The van der Waals surface area contributed by atoms with Gasteiger partial charge in [0.05, 0.1) is 0 Å². The SMILES string of the molecule is CCCC12CCCC(CCN1)C2. The highest BCUT2D eigenvalue weighted by atomic mass is 15.0. The lowest BCUT2D eigenvalue weighted by Crippen LogP contribution is -2.53. The standard InChI is InChI=1S/C11H21N/c1-2-6-11-7-3-4-10(9-11)5-8-12-11/h10,12H,2-9H2,1H3. The van der Waals surface area contributed by atoms with Gasteiger partial charge in [0, 0.05) is 5.54 Å². The fraction of sp³-hybridized carbons (Fsp3) is 1.00. The first-order valence-corrected chi connectivity index (χ1v) is 5.60. The topological polar surface area (TPSA) is 12.0 Å². The van der Waals surface area contributed by atoms with E-state index < -0.39 is 0 Å². The second-order valence-corrected chi connectivity index (χ2v) is 4.71. The molecule has 1 heterocycles. The zero-order chi connectivity index (χ0) is 8.44. The smallest absolute Gasteiger partial charge is 0.0184 e. The summed E-state index contributed by atoms with van der Waals surface area (Å²) in [6.07, 6.45) is 10.1. The normalized spacial score (nSPS) is 41.2. The van der Waals surface area contributed by atoms with Gasteiger partial charge in [0.2, 0.25) is 0 Å². The van der Waals surface area contributed by atoms with Crippen molar-refractivity contribution in [2.45, 2.75) is 57.4 Å². The van der Waals surface area contributed by atoms with Crippen LogP contribution in [0, 0.1) is 5.92 Å². The molecule has 1 N–H and O–H groups in total. The van der Waals surface area contributed by atoms with Crippen LogP contribution in [0.4, 0.5) is 0 Å². The Kier molecular flexibility index (Phi) is 2.40. The number of rotatable bonds is 2. The highest BCUT2D eigenvalue weighted by Crippen LogP contribution is 2.39. The van der Waals surface area contributed by atoms with Crippen LogP contribution < -0.4 is 5.32 Å². The van der Waals surface area contributed by atoms with Gasteiger partial charge in [-0.1, -0.05) is 26.2 Å². The molecule has 2 bridgehead atoms. The molecule has 1 aliphatic heterocycles. The molecular weight excluding hydrogens is 146 g/mol. The van der Waals surface area contributed by atoms with E-state index >= 15 is 0 Å². The molecule has 70 valence electrons. The third-order valence-corrected chi connectivity index (χ3v) is 3.73. The van der Waals surface area contributed by atoms with Crippen LogP contribution in [0.15, 0.2) is 0 Å². The van der Waals surface area contributed by atoms with E-state index in [1.165, 1.54) is 51.5 Å². The fourth-order valence-corrected chi connectivity index (χ4v) is 3.23. The van der Waals surface area contributed by atoms with E-state index in [0.717, 1.165) is 5.92 Å². The molecule has 12 heavy (non-hydrogen) atoms. The van der Waals surface area contributed by atoms with Crippen LogP contribution in [0.25, 0.3) is 0 Å². The minimum absolute atomic E-state index is 0.579. The fourth-order valence-electron chi connectivity index (χ4n) is 3.23. The quantitative estimate of drug-likeness (QED) is 0.667. The molecule has 0 radical (unpaired) electrons. The summed E-state index contributed by atoms with van der Waals surface area (Å²) in [6, 6.07) is 0. The van der Waals surface area contributed by atoms with E-state index in [4.69, 9.17) is 0 Å². The van der Waals surface area contributed by atoms with Gasteiger partial charge in [-0.15, -0.1) is 0 Å². The van der Waals surface area contributed by atoms with E-state index in [1.54, 1.807) is 0 Å². The monoisotopic (exact) mass is 167 g/mol. The first-order chi connectivity index (χ1) is 5.85. The van der Waals surface area contributed by atoms with Crippen molar-refractivity contribution in [3.05, 3.63) is 0 Å². The van der Waals surface area contributed by atoms with Crippen LogP contribution in [0.3, 0.4) is 0 Å². The minimum Gasteiger partial charge on any atom is -0.311 e. The zero-order valence-electron chi connectivity index (χ0n) is 8.23. The van der Waals surface area contributed by atoms with Crippen molar-refractivity contribution >= 4 is 0 Å². The average molecular weight is 167 g/mol. The molecule has 1 nitrogen and oxygen atoms in total.